The van der Waals surface area contributed by atoms with Gasteiger partial charge in [0.05, 0.1) is 11.0 Å². The van der Waals surface area contributed by atoms with E-state index in [0.717, 1.165) is 11.8 Å². The van der Waals surface area contributed by atoms with Crippen molar-refractivity contribution in [2.75, 3.05) is 4.90 Å². The molecule has 9 aromatic rings. The van der Waals surface area contributed by atoms with Crippen LogP contribution in [0.5, 0.6) is 0 Å². The lowest BCUT2D eigenvalue weighted by molar-refractivity contribution is 0.420. The van der Waals surface area contributed by atoms with Gasteiger partial charge < -0.3 is 9.47 Å². The van der Waals surface area contributed by atoms with Crippen LogP contribution in [0, 0.1) is 11.8 Å². The highest BCUT2D eigenvalue weighted by atomic mass is 15.1. The molecule has 4 aliphatic rings. The summed E-state index contributed by atoms with van der Waals surface area (Å²) in [7, 11) is 0. The Kier molecular flexibility index (Phi) is 9.48. The molecule has 13 rings (SSSR count). The Bertz CT molecular complexity index is 3240. The first-order valence-electron chi connectivity index (χ1n) is 24.9. The second kappa shape index (κ2) is 15.8. The fourth-order valence-corrected chi connectivity index (χ4v) is 13.4. The monoisotopic (exact) mass is 854 g/mol. The van der Waals surface area contributed by atoms with Crippen LogP contribution in [0.15, 0.2) is 182 Å². The summed E-state index contributed by atoms with van der Waals surface area (Å²) in [6.07, 6.45) is 12.3. The van der Waals surface area contributed by atoms with Crippen LogP contribution < -0.4 is 4.90 Å². The molecule has 0 saturated heterocycles. The Balaban J connectivity index is 1.02. The van der Waals surface area contributed by atoms with Crippen LogP contribution in [-0.2, 0) is 5.41 Å². The van der Waals surface area contributed by atoms with Gasteiger partial charge in [0.25, 0.3) is 0 Å². The zero-order valence-electron chi connectivity index (χ0n) is 38.4. The summed E-state index contributed by atoms with van der Waals surface area (Å²) in [4.78, 5) is 2.56. The summed E-state index contributed by atoms with van der Waals surface area (Å²) in [6, 6.07) is 69.5. The highest BCUT2D eigenvalue weighted by molar-refractivity contribution is 6.15. The van der Waals surface area contributed by atoms with Crippen molar-refractivity contribution in [1.82, 2.24) is 4.57 Å². The van der Waals surface area contributed by atoms with Crippen LogP contribution in [0.4, 0.5) is 17.1 Å². The van der Waals surface area contributed by atoms with E-state index in [1.165, 1.54) is 158 Å². The van der Waals surface area contributed by atoms with E-state index in [1.54, 1.807) is 0 Å². The first kappa shape index (κ1) is 39.7. The zero-order valence-corrected chi connectivity index (χ0v) is 38.4. The molecule has 3 atom stereocenters. The minimum atomic E-state index is -0.324. The van der Waals surface area contributed by atoms with E-state index in [-0.39, 0.29) is 5.41 Å². The van der Waals surface area contributed by atoms with Crippen molar-refractivity contribution >= 4 is 38.9 Å². The summed E-state index contributed by atoms with van der Waals surface area (Å²) in [5.74, 6) is 3.16. The van der Waals surface area contributed by atoms with E-state index in [2.05, 4.69) is 205 Å². The molecular weight excluding hydrogens is 797 g/mol. The number of hydrogen-bond donors (Lipinski definition) is 0. The quantitative estimate of drug-likeness (QED) is 0.148. The molecule has 8 aromatic carbocycles. The van der Waals surface area contributed by atoms with E-state index in [1.807, 2.05) is 0 Å². The second-order valence-electron chi connectivity index (χ2n) is 20.7. The fourth-order valence-electron chi connectivity index (χ4n) is 13.4. The predicted molar refractivity (Wildman–Crippen MR) is 278 cm³/mol. The Hall–Kier alpha value is -6.64. The third kappa shape index (κ3) is 6.43. The maximum absolute atomic E-state index is 2.56. The molecule has 0 amide bonds. The minimum Gasteiger partial charge on any atom is -0.310 e. The van der Waals surface area contributed by atoms with Gasteiger partial charge in [-0.05, 0) is 172 Å². The molecule has 2 nitrogen and oxygen atoms in total. The van der Waals surface area contributed by atoms with Gasteiger partial charge in [-0.1, -0.05) is 161 Å². The van der Waals surface area contributed by atoms with Gasteiger partial charge in [-0.15, -0.1) is 0 Å². The molecule has 1 aromatic heterocycles. The van der Waals surface area contributed by atoms with Crippen LogP contribution in [0.25, 0.3) is 60.9 Å². The highest BCUT2D eigenvalue weighted by Gasteiger charge is 2.42. The smallest absolute Gasteiger partial charge is 0.0588 e. The summed E-state index contributed by atoms with van der Waals surface area (Å²) in [5, 5.41) is 2.58. The van der Waals surface area contributed by atoms with E-state index in [9.17, 15) is 0 Å². The van der Waals surface area contributed by atoms with Gasteiger partial charge >= 0.3 is 0 Å². The number of anilines is 3. The zero-order chi connectivity index (χ0) is 43.9. The van der Waals surface area contributed by atoms with E-state index >= 15 is 0 Å². The molecule has 2 bridgehead atoms. The average molecular weight is 855 g/mol. The SMILES string of the molecule is CC1(C)c2cc(N(c3ccc(C4CCCCC4)cc3)c3ccc(C4CC5CCC4C5)cc3)cc(-c3ccccc3)c2-c2ccc3c4cc(-c5ccccc5)ccc4n(-c4ccccc4)c3c21. The molecule has 0 aliphatic heterocycles. The van der Waals surface area contributed by atoms with Crippen LogP contribution in [0.1, 0.15) is 106 Å². The van der Waals surface area contributed by atoms with E-state index < -0.39 is 0 Å². The normalized spacial score (nSPS) is 19.6. The number of aromatic nitrogens is 1. The third-order valence-electron chi connectivity index (χ3n) is 16.6. The van der Waals surface area contributed by atoms with Gasteiger partial charge in [0, 0.05) is 38.9 Å². The summed E-state index contributed by atoms with van der Waals surface area (Å²) in [6.45, 7) is 4.96. The number of hydrogen-bond acceptors (Lipinski definition) is 1. The van der Waals surface area contributed by atoms with E-state index in [4.69, 9.17) is 0 Å². The van der Waals surface area contributed by atoms with Gasteiger partial charge in [-0.2, -0.15) is 0 Å². The molecule has 3 saturated carbocycles. The van der Waals surface area contributed by atoms with Crippen LogP contribution >= 0.6 is 0 Å². The van der Waals surface area contributed by atoms with Crippen molar-refractivity contribution in [2.24, 2.45) is 11.8 Å². The van der Waals surface area contributed by atoms with E-state index in [0.29, 0.717) is 11.8 Å². The summed E-state index contributed by atoms with van der Waals surface area (Å²) in [5.41, 5.74) is 20.5. The number of rotatable bonds is 8. The number of para-hydroxylation sites is 1. The van der Waals surface area contributed by atoms with Crippen LogP contribution in [0.2, 0.25) is 0 Å². The highest BCUT2D eigenvalue weighted by Crippen LogP contribution is 2.58. The fraction of sp³-hybridized carbons (Fsp3) is 0.250. The largest absolute Gasteiger partial charge is 0.310 e. The first-order chi connectivity index (χ1) is 32.5. The van der Waals surface area contributed by atoms with Gasteiger partial charge in [-0.3, -0.25) is 0 Å². The lowest BCUT2D eigenvalue weighted by atomic mass is 9.80. The lowest BCUT2D eigenvalue weighted by Gasteiger charge is -2.30. The maximum atomic E-state index is 2.56. The molecule has 3 fully saturated rings. The Labute approximate surface area is 390 Å². The van der Waals surface area contributed by atoms with Gasteiger partial charge in [0.1, 0.15) is 0 Å². The van der Waals surface area contributed by atoms with Crippen molar-refractivity contribution in [2.45, 2.75) is 88.9 Å². The molecule has 66 heavy (non-hydrogen) atoms. The minimum absolute atomic E-state index is 0.324. The Morgan fingerprint density at radius 1 is 0.500 bits per heavy atom. The third-order valence-corrected chi connectivity index (χ3v) is 16.6. The molecule has 0 spiro atoms. The Morgan fingerprint density at radius 3 is 1.83 bits per heavy atom. The van der Waals surface area contributed by atoms with Crippen molar-refractivity contribution in [3.8, 4) is 39.1 Å². The number of fused-ring (bicyclic) bond motifs is 9. The molecule has 1 heterocycles. The summed E-state index contributed by atoms with van der Waals surface area (Å²) >= 11 is 0. The van der Waals surface area contributed by atoms with Crippen molar-refractivity contribution in [1.29, 1.82) is 0 Å². The van der Waals surface area contributed by atoms with Crippen LogP contribution in [0.3, 0.4) is 0 Å². The van der Waals surface area contributed by atoms with Crippen molar-refractivity contribution < 1.29 is 0 Å². The number of benzene rings is 8. The topological polar surface area (TPSA) is 8.17 Å². The lowest BCUT2D eigenvalue weighted by Crippen LogP contribution is -2.18. The molecule has 4 aliphatic carbocycles. The second-order valence-corrected chi connectivity index (χ2v) is 20.7. The molecule has 3 unspecified atom stereocenters. The number of nitrogens with zero attached hydrogens (tertiary/aromatic N) is 2. The molecule has 324 valence electrons. The predicted octanol–water partition coefficient (Wildman–Crippen LogP) is 17.8. The van der Waals surface area contributed by atoms with Crippen LogP contribution in [-0.4, -0.2) is 4.57 Å². The average Bonchev–Trinajstić information content (AvgIpc) is 4.15. The maximum Gasteiger partial charge on any atom is 0.0588 e. The molecule has 0 N–H and O–H groups in total. The molecule has 2 heteroatoms. The molecular formula is C64H58N2. The molecule has 0 radical (unpaired) electrons. The summed E-state index contributed by atoms with van der Waals surface area (Å²) < 4.78 is 2.55. The van der Waals surface area contributed by atoms with Gasteiger partial charge in [0.15, 0.2) is 0 Å². The van der Waals surface area contributed by atoms with Crippen molar-refractivity contribution in [3.05, 3.63) is 204 Å². The first-order valence-corrected chi connectivity index (χ1v) is 24.9. The standard InChI is InChI=1S/C64H58N2/c1-64(2)59-41-53(65(51-30-25-45(26-31-51)43-15-7-3-8-16-43)52-32-27-47(28-33-52)56-38-42-23-24-49(56)37-42)40-57(46-19-11-5-12-20-46)61(59)55-35-34-54-58-39-48(44-17-9-4-10-18-44)29-36-60(58)66(63(54)62(55)64)50-21-13-6-14-22-50/h4-6,9-14,17-22,25-36,39-43,49,56H,3,7-8,15-16,23-24,37-38H2,1-2H3. The van der Waals surface area contributed by atoms with Gasteiger partial charge in [0.2, 0.25) is 0 Å². The van der Waals surface area contributed by atoms with Crippen molar-refractivity contribution in [3.63, 3.8) is 0 Å². The Morgan fingerprint density at radius 2 is 1.17 bits per heavy atom. The van der Waals surface area contributed by atoms with Gasteiger partial charge in [-0.25, -0.2) is 0 Å².